The van der Waals surface area contributed by atoms with E-state index in [2.05, 4.69) is 154 Å². The van der Waals surface area contributed by atoms with Gasteiger partial charge in [-0.05, 0) is 103 Å². The highest BCUT2D eigenvalue weighted by Crippen LogP contribution is 2.17. The maximum atomic E-state index is 12.9. The summed E-state index contributed by atoms with van der Waals surface area (Å²) in [5.41, 5.74) is 0. The second-order valence-corrected chi connectivity index (χ2v) is 22.0. The Morgan fingerprint density at radius 3 is 0.854 bits per heavy atom. The molecule has 0 radical (unpaired) electrons. The summed E-state index contributed by atoms with van der Waals surface area (Å²) in [6, 6.07) is 0. The molecule has 1 unspecified atom stereocenters. The number of allylic oxidation sites excluding steroid dienone is 23. The summed E-state index contributed by atoms with van der Waals surface area (Å²) in [5.74, 6) is -1.07. The SMILES string of the molecule is CC/C=C\C/C=C\C/C=C\C/C=C\C/C=C\C/C=C\C/C=C\CCCCCCCC(=O)OCC(COC(=O)C/C=C\C/C=C\C/C=C\C/C=C\C/C=C\CC)OC(=O)CCCCCCCCCCCCCCCCCCCCCCCC. The van der Waals surface area contributed by atoms with Crippen LogP contribution in [-0.2, 0) is 28.6 Å². The van der Waals surface area contributed by atoms with Crippen LogP contribution in [0.4, 0.5) is 0 Å². The van der Waals surface area contributed by atoms with Gasteiger partial charge >= 0.3 is 17.9 Å². The highest BCUT2D eigenvalue weighted by Gasteiger charge is 2.19. The van der Waals surface area contributed by atoms with Crippen molar-refractivity contribution >= 4 is 17.9 Å². The third-order valence-corrected chi connectivity index (χ3v) is 14.1. The lowest BCUT2D eigenvalue weighted by molar-refractivity contribution is -0.166. The van der Waals surface area contributed by atoms with Crippen LogP contribution in [0.15, 0.2) is 146 Å². The molecular weight excluding hydrogens is 1010 g/mol. The molecule has 1 atom stereocenters. The maximum Gasteiger partial charge on any atom is 0.309 e. The quantitative estimate of drug-likeness (QED) is 0.0261. The third-order valence-electron chi connectivity index (χ3n) is 14.1. The molecule has 464 valence electrons. The second kappa shape index (κ2) is 68.8. The van der Waals surface area contributed by atoms with Crippen LogP contribution in [0.3, 0.4) is 0 Å². The van der Waals surface area contributed by atoms with Crippen molar-refractivity contribution < 1.29 is 28.6 Å². The molecule has 0 N–H and O–H groups in total. The highest BCUT2D eigenvalue weighted by atomic mass is 16.6. The number of carbonyl (C=O) groups is 3. The molecule has 0 fully saturated rings. The van der Waals surface area contributed by atoms with Crippen molar-refractivity contribution in [3.05, 3.63) is 146 Å². The lowest BCUT2D eigenvalue weighted by atomic mass is 10.0. The zero-order valence-electron chi connectivity index (χ0n) is 53.2. The van der Waals surface area contributed by atoms with Crippen LogP contribution in [0.5, 0.6) is 0 Å². The topological polar surface area (TPSA) is 78.9 Å². The van der Waals surface area contributed by atoms with Crippen molar-refractivity contribution in [3.8, 4) is 0 Å². The number of hydrogen-bond donors (Lipinski definition) is 0. The maximum absolute atomic E-state index is 12.9. The summed E-state index contributed by atoms with van der Waals surface area (Å²) < 4.78 is 16.8. The van der Waals surface area contributed by atoms with Gasteiger partial charge in [-0.1, -0.05) is 321 Å². The van der Waals surface area contributed by atoms with Crippen molar-refractivity contribution in [3.63, 3.8) is 0 Å². The number of ether oxygens (including phenoxy) is 3. The van der Waals surface area contributed by atoms with E-state index in [9.17, 15) is 14.4 Å². The molecule has 0 spiro atoms. The summed E-state index contributed by atoms with van der Waals surface area (Å²) >= 11 is 0. The normalized spacial score (nSPS) is 13.1. The standard InChI is InChI=1S/C76H124O6/c1-4-7-10-13-16-19-22-25-28-30-32-34-36-37-38-39-40-42-43-45-48-51-54-57-60-63-66-69-75(78)81-72-73(71-80-74(77)68-65-62-59-56-53-50-47-27-24-21-18-15-12-9-6-3)82-76(79)70-67-64-61-58-55-52-49-46-44-41-35-33-31-29-26-23-20-17-14-11-8-5-2/h7,9-10,12,16,18-19,21,25,27-28,32,34,37-38,40,42,45,47-48,53,56,62,65,73H,4-6,8,11,13-15,17,20,22-24,26,29-31,33,35-36,39,41,43-44,46,49-52,54-55,57-61,63-64,66-72H2,1-3H3/b10-7-,12-9-,19-16-,21-18-,28-25-,34-32-,38-37-,42-40-,47-27-,48-45-,56-53-,65-62-. The van der Waals surface area contributed by atoms with Gasteiger partial charge in [-0.2, -0.15) is 0 Å². The predicted molar refractivity (Wildman–Crippen MR) is 357 cm³/mol. The van der Waals surface area contributed by atoms with E-state index in [4.69, 9.17) is 14.2 Å². The largest absolute Gasteiger partial charge is 0.462 e. The molecule has 0 saturated heterocycles. The fourth-order valence-corrected chi connectivity index (χ4v) is 9.14. The first kappa shape index (κ1) is 77.3. The molecule has 0 aliphatic heterocycles. The van der Waals surface area contributed by atoms with Gasteiger partial charge in [0.25, 0.3) is 0 Å². The average Bonchev–Trinajstić information content (AvgIpc) is 3.47. The molecule has 0 aliphatic rings. The Morgan fingerprint density at radius 1 is 0.268 bits per heavy atom. The van der Waals surface area contributed by atoms with Gasteiger partial charge in [0.2, 0.25) is 0 Å². The van der Waals surface area contributed by atoms with Crippen molar-refractivity contribution in [1.29, 1.82) is 0 Å². The third kappa shape index (κ3) is 66.1. The number of esters is 3. The van der Waals surface area contributed by atoms with Gasteiger partial charge in [0.05, 0.1) is 6.42 Å². The van der Waals surface area contributed by atoms with E-state index < -0.39 is 12.1 Å². The number of rotatable bonds is 60. The molecule has 0 saturated carbocycles. The molecule has 0 aliphatic carbocycles. The Labute approximate surface area is 506 Å². The van der Waals surface area contributed by atoms with Crippen LogP contribution in [0.2, 0.25) is 0 Å². The van der Waals surface area contributed by atoms with Crippen LogP contribution < -0.4 is 0 Å². The molecule has 0 rings (SSSR count). The molecule has 0 heterocycles. The van der Waals surface area contributed by atoms with Crippen LogP contribution in [0, 0.1) is 0 Å². The Morgan fingerprint density at radius 2 is 0.524 bits per heavy atom. The Balaban J connectivity index is 4.46. The Bertz CT molecular complexity index is 1780. The van der Waals surface area contributed by atoms with Crippen LogP contribution >= 0.6 is 0 Å². The Hall–Kier alpha value is -4.71. The number of unbranched alkanes of at least 4 members (excludes halogenated alkanes) is 26. The highest BCUT2D eigenvalue weighted by molar-refractivity contribution is 5.72. The summed E-state index contributed by atoms with van der Waals surface area (Å²) in [7, 11) is 0. The van der Waals surface area contributed by atoms with Gasteiger partial charge in [0.15, 0.2) is 6.10 Å². The first-order valence-electron chi connectivity index (χ1n) is 33.8. The van der Waals surface area contributed by atoms with Gasteiger partial charge in [0.1, 0.15) is 13.2 Å². The van der Waals surface area contributed by atoms with Gasteiger partial charge in [-0.3, -0.25) is 14.4 Å². The smallest absolute Gasteiger partial charge is 0.309 e. The molecule has 6 nitrogen and oxygen atoms in total. The monoisotopic (exact) mass is 1130 g/mol. The zero-order valence-corrected chi connectivity index (χ0v) is 53.2. The van der Waals surface area contributed by atoms with Crippen LogP contribution in [0.25, 0.3) is 0 Å². The predicted octanol–water partition coefficient (Wildman–Crippen LogP) is 23.5. The van der Waals surface area contributed by atoms with Gasteiger partial charge < -0.3 is 14.2 Å². The average molecular weight is 1130 g/mol. The second-order valence-electron chi connectivity index (χ2n) is 22.0. The van der Waals surface area contributed by atoms with E-state index >= 15 is 0 Å². The summed E-state index contributed by atoms with van der Waals surface area (Å²) in [6.45, 7) is 6.33. The van der Waals surface area contributed by atoms with Crippen molar-refractivity contribution in [2.75, 3.05) is 13.2 Å². The lowest BCUT2D eigenvalue weighted by Crippen LogP contribution is -2.30. The van der Waals surface area contributed by atoms with E-state index in [1.165, 1.54) is 122 Å². The van der Waals surface area contributed by atoms with Crippen LogP contribution in [-0.4, -0.2) is 37.2 Å². The molecular formula is C76H124O6. The van der Waals surface area contributed by atoms with Gasteiger partial charge in [-0.25, -0.2) is 0 Å². The first-order chi connectivity index (χ1) is 40.5. The lowest BCUT2D eigenvalue weighted by Gasteiger charge is -2.18. The molecule has 0 aromatic rings. The van der Waals surface area contributed by atoms with Gasteiger partial charge in [0, 0.05) is 12.8 Å². The van der Waals surface area contributed by atoms with Crippen molar-refractivity contribution in [2.45, 2.75) is 303 Å². The van der Waals surface area contributed by atoms with Crippen molar-refractivity contribution in [1.82, 2.24) is 0 Å². The molecule has 6 heteroatoms. The van der Waals surface area contributed by atoms with E-state index in [0.29, 0.717) is 12.8 Å². The Kier molecular flexibility index (Phi) is 64.8. The molecule has 82 heavy (non-hydrogen) atoms. The molecule has 0 amide bonds. The molecule has 0 bridgehead atoms. The number of hydrogen-bond acceptors (Lipinski definition) is 6. The fraction of sp³-hybridized carbons (Fsp3) is 0.645. The number of carbonyl (C=O) groups excluding carboxylic acids is 3. The summed E-state index contributed by atoms with van der Waals surface area (Å²) in [5, 5.41) is 0. The minimum atomic E-state index is -0.832. The first-order valence-corrected chi connectivity index (χ1v) is 33.8. The van der Waals surface area contributed by atoms with Gasteiger partial charge in [-0.15, -0.1) is 0 Å². The van der Waals surface area contributed by atoms with Crippen LogP contribution in [0.1, 0.15) is 297 Å². The fourth-order valence-electron chi connectivity index (χ4n) is 9.14. The van der Waals surface area contributed by atoms with E-state index in [0.717, 1.165) is 135 Å². The zero-order chi connectivity index (χ0) is 59.2. The van der Waals surface area contributed by atoms with E-state index in [-0.39, 0.29) is 31.6 Å². The molecule has 0 aromatic heterocycles. The molecule has 0 aromatic carbocycles. The minimum Gasteiger partial charge on any atom is -0.462 e. The van der Waals surface area contributed by atoms with E-state index in [1.807, 2.05) is 6.08 Å². The summed E-state index contributed by atoms with van der Waals surface area (Å²) in [4.78, 5) is 38.3. The minimum absolute atomic E-state index is 0.119. The van der Waals surface area contributed by atoms with Crippen molar-refractivity contribution in [2.24, 2.45) is 0 Å². The summed E-state index contributed by atoms with van der Waals surface area (Å²) in [6.07, 6.45) is 98.9. The van der Waals surface area contributed by atoms with E-state index in [1.54, 1.807) is 6.08 Å².